The van der Waals surface area contributed by atoms with Gasteiger partial charge in [-0.2, -0.15) is 0 Å². The fourth-order valence-corrected chi connectivity index (χ4v) is 3.83. The molecule has 0 bridgehead atoms. The van der Waals surface area contributed by atoms with Gasteiger partial charge in [-0.3, -0.25) is 4.79 Å². The molecule has 1 aromatic carbocycles. The third-order valence-corrected chi connectivity index (χ3v) is 6.27. The van der Waals surface area contributed by atoms with Gasteiger partial charge in [0.25, 0.3) is 5.91 Å². The lowest BCUT2D eigenvalue weighted by Gasteiger charge is -2.24. The molecule has 1 heterocycles. The van der Waals surface area contributed by atoms with E-state index in [1.54, 1.807) is 17.2 Å². The molecular formula is C26H38N4O2S. The molecule has 0 fully saturated rings. The average molecular weight is 471 g/mol. The van der Waals surface area contributed by atoms with Gasteiger partial charge >= 0.3 is 0 Å². The maximum absolute atomic E-state index is 13.6. The van der Waals surface area contributed by atoms with Crippen molar-refractivity contribution in [3.8, 4) is 0 Å². The lowest BCUT2D eigenvalue weighted by atomic mass is 10.0. The van der Waals surface area contributed by atoms with Crippen LogP contribution in [0.5, 0.6) is 0 Å². The van der Waals surface area contributed by atoms with Crippen molar-refractivity contribution in [1.29, 1.82) is 0 Å². The number of hydrogen-bond acceptors (Lipinski definition) is 6. The van der Waals surface area contributed by atoms with E-state index in [2.05, 4.69) is 37.3 Å². The molecule has 0 saturated carbocycles. The molecule has 0 aromatic heterocycles. The highest BCUT2D eigenvalue weighted by Gasteiger charge is 2.27. The Kier molecular flexibility index (Phi) is 10.9. The molecule has 33 heavy (non-hydrogen) atoms. The summed E-state index contributed by atoms with van der Waals surface area (Å²) in [5.41, 5.74) is 3.18. The number of carbonyl (C=O) groups is 1. The molecule has 1 aliphatic heterocycles. The van der Waals surface area contributed by atoms with Crippen LogP contribution in [0.4, 0.5) is 5.69 Å². The van der Waals surface area contributed by atoms with Gasteiger partial charge in [0.05, 0.1) is 29.0 Å². The lowest BCUT2D eigenvalue weighted by Crippen LogP contribution is -2.34. The van der Waals surface area contributed by atoms with Crippen LogP contribution in [-0.4, -0.2) is 63.1 Å². The van der Waals surface area contributed by atoms with E-state index < -0.39 is 0 Å². The number of benzene rings is 1. The zero-order chi connectivity index (χ0) is 24.4. The average Bonchev–Trinajstić information content (AvgIpc) is 2.92. The van der Waals surface area contributed by atoms with Gasteiger partial charge in [0, 0.05) is 32.0 Å². The summed E-state index contributed by atoms with van der Waals surface area (Å²) in [6.07, 6.45) is 6.37. The largest absolute Gasteiger partial charge is 0.373 e. The number of likely N-dealkylation sites (N-methyl/N-ethyl adjacent to an activating group) is 1. The van der Waals surface area contributed by atoms with Crippen LogP contribution in [0.25, 0.3) is 0 Å². The van der Waals surface area contributed by atoms with Crippen LogP contribution >= 0.6 is 11.8 Å². The quantitative estimate of drug-likeness (QED) is 0.457. The fourth-order valence-electron chi connectivity index (χ4n) is 3.67. The summed E-state index contributed by atoms with van der Waals surface area (Å²) in [5, 5.41) is 3.84. The van der Waals surface area contributed by atoms with Gasteiger partial charge in [0.2, 0.25) is 0 Å². The van der Waals surface area contributed by atoms with Gasteiger partial charge in [0.15, 0.2) is 0 Å². The minimum atomic E-state index is -0.0981. The van der Waals surface area contributed by atoms with Gasteiger partial charge in [-0.25, -0.2) is 4.99 Å². The highest BCUT2D eigenvalue weighted by atomic mass is 32.2. The standard InChI is InChI=1S/C26H38N4O2S/c1-8-24-23(17-28-20(4)33-7)26(31)30(15-14-29(24)6)22-11-9-10-21(16-22)18-32-25(19(2)3)12-13-27-5/h8-11,16-17,19,25,27H,1,4,12-15,18H2,2-3,5-7H3/b28-17-. The first-order valence-corrected chi connectivity index (χ1v) is 12.6. The molecule has 0 aliphatic carbocycles. The summed E-state index contributed by atoms with van der Waals surface area (Å²) >= 11 is 1.45. The lowest BCUT2D eigenvalue weighted by molar-refractivity contribution is -0.114. The fraction of sp³-hybridized carbons (Fsp3) is 0.462. The van der Waals surface area contributed by atoms with Crippen LogP contribution < -0.4 is 10.2 Å². The molecule has 1 aliphatic rings. The SMILES string of the molecule is C=CC1=C(/C=N\C(=C)SC)C(=O)N(c2cccc(COC(CCNC)C(C)C)c2)CCN1C. The molecule has 1 unspecified atom stereocenters. The summed E-state index contributed by atoms with van der Waals surface area (Å²) in [6.45, 7) is 14.9. The molecule has 0 saturated heterocycles. The number of ether oxygens (including phenoxy) is 1. The number of hydrogen-bond donors (Lipinski definition) is 1. The molecule has 1 N–H and O–H groups in total. The van der Waals surface area contributed by atoms with Crippen LogP contribution in [0.1, 0.15) is 25.8 Å². The molecule has 1 aromatic rings. The number of aliphatic imine (C=N–C) groups is 1. The number of anilines is 1. The predicted molar refractivity (Wildman–Crippen MR) is 142 cm³/mol. The third-order valence-electron chi connectivity index (χ3n) is 5.70. The summed E-state index contributed by atoms with van der Waals surface area (Å²) in [4.78, 5) is 21.8. The normalized spacial score (nSPS) is 16.0. The van der Waals surface area contributed by atoms with Crippen molar-refractivity contribution >= 4 is 29.6 Å². The van der Waals surface area contributed by atoms with E-state index in [1.165, 1.54) is 11.8 Å². The van der Waals surface area contributed by atoms with E-state index >= 15 is 0 Å². The second kappa shape index (κ2) is 13.4. The summed E-state index contributed by atoms with van der Waals surface area (Å²) in [5.74, 6) is 0.337. The molecule has 0 spiro atoms. The number of rotatable bonds is 12. The first-order valence-electron chi connectivity index (χ1n) is 11.3. The third kappa shape index (κ3) is 7.59. The van der Waals surface area contributed by atoms with Crippen molar-refractivity contribution in [3.63, 3.8) is 0 Å². The van der Waals surface area contributed by atoms with Crippen molar-refractivity contribution in [2.24, 2.45) is 10.9 Å². The van der Waals surface area contributed by atoms with Gasteiger partial charge in [-0.15, -0.1) is 11.8 Å². The molecule has 2 rings (SSSR count). The number of thioether (sulfide) groups is 1. The van der Waals surface area contributed by atoms with Gasteiger partial charge in [-0.1, -0.05) is 39.1 Å². The van der Waals surface area contributed by atoms with Crippen LogP contribution in [-0.2, 0) is 16.1 Å². The van der Waals surface area contributed by atoms with Crippen molar-refractivity contribution in [2.45, 2.75) is 33.0 Å². The van der Waals surface area contributed by atoms with E-state index in [1.807, 2.05) is 49.5 Å². The smallest absolute Gasteiger partial charge is 0.262 e. The number of allylic oxidation sites excluding steroid dienone is 1. The zero-order valence-electron chi connectivity index (χ0n) is 20.6. The minimum absolute atomic E-state index is 0.0981. The molecule has 1 atom stereocenters. The van der Waals surface area contributed by atoms with Gasteiger partial charge in [0.1, 0.15) is 0 Å². The Morgan fingerprint density at radius 3 is 2.76 bits per heavy atom. The first kappa shape index (κ1) is 26.9. The van der Waals surface area contributed by atoms with Crippen molar-refractivity contribution < 1.29 is 9.53 Å². The van der Waals surface area contributed by atoms with Crippen molar-refractivity contribution in [2.75, 3.05) is 44.9 Å². The van der Waals surface area contributed by atoms with Crippen LogP contribution in [0.3, 0.4) is 0 Å². The first-order chi connectivity index (χ1) is 15.8. The Bertz CT molecular complexity index is 894. The zero-order valence-corrected chi connectivity index (χ0v) is 21.5. The molecule has 0 radical (unpaired) electrons. The Hall–Kier alpha value is -2.35. The Morgan fingerprint density at radius 1 is 1.36 bits per heavy atom. The second-order valence-electron chi connectivity index (χ2n) is 8.39. The summed E-state index contributed by atoms with van der Waals surface area (Å²) in [6, 6.07) is 8.04. The molecule has 1 amide bonds. The highest BCUT2D eigenvalue weighted by molar-refractivity contribution is 8.02. The summed E-state index contributed by atoms with van der Waals surface area (Å²) in [7, 11) is 3.92. The second-order valence-corrected chi connectivity index (χ2v) is 9.27. The maximum Gasteiger partial charge on any atom is 0.262 e. The van der Waals surface area contributed by atoms with Gasteiger partial charge < -0.3 is 19.9 Å². The molecular weight excluding hydrogens is 432 g/mol. The van der Waals surface area contributed by atoms with E-state index in [9.17, 15) is 4.79 Å². The number of carbonyl (C=O) groups excluding carboxylic acids is 1. The van der Waals surface area contributed by atoms with Crippen LogP contribution in [0.2, 0.25) is 0 Å². The topological polar surface area (TPSA) is 57.2 Å². The molecule has 180 valence electrons. The summed E-state index contributed by atoms with van der Waals surface area (Å²) < 4.78 is 6.23. The van der Waals surface area contributed by atoms with Gasteiger partial charge in [-0.05, 0) is 56.0 Å². The van der Waals surface area contributed by atoms with E-state index in [0.717, 1.165) is 29.9 Å². The molecule has 6 nitrogen and oxygen atoms in total. The van der Waals surface area contributed by atoms with E-state index in [-0.39, 0.29) is 12.0 Å². The van der Waals surface area contributed by atoms with Crippen molar-refractivity contribution in [1.82, 2.24) is 10.2 Å². The number of nitrogens with one attached hydrogen (secondary N) is 1. The Labute approximate surface area is 203 Å². The van der Waals surface area contributed by atoms with E-state index in [0.29, 0.717) is 36.2 Å². The van der Waals surface area contributed by atoms with Crippen LogP contribution in [0, 0.1) is 5.92 Å². The molecule has 7 heteroatoms. The minimum Gasteiger partial charge on any atom is -0.373 e. The monoisotopic (exact) mass is 470 g/mol. The number of nitrogens with zero attached hydrogens (tertiary/aromatic N) is 3. The number of amides is 1. The van der Waals surface area contributed by atoms with Crippen LogP contribution in [0.15, 0.2) is 64.8 Å². The maximum atomic E-state index is 13.6. The Morgan fingerprint density at radius 2 is 2.12 bits per heavy atom. The van der Waals surface area contributed by atoms with Crippen molar-refractivity contribution in [3.05, 3.63) is 65.4 Å². The Balaban J connectivity index is 2.28. The van der Waals surface area contributed by atoms with E-state index in [4.69, 9.17) is 4.74 Å². The highest BCUT2D eigenvalue weighted by Crippen LogP contribution is 2.25. The predicted octanol–water partition coefficient (Wildman–Crippen LogP) is 4.46.